The summed E-state index contributed by atoms with van der Waals surface area (Å²) >= 11 is 0. The van der Waals surface area contributed by atoms with Crippen molar-refractivity contribution < 1.29 is 0 Å². The Morgan fingerprint density at radius 2 is 2.21 bits per heavy atom. The number of hydrogen-bond donors (Lipinski definition) is 0. The van der Waals surface area contributed by atoms with Crippen LogP contribution in [-0.4, -0.2) is 43.0 Å². The number of likely N-dealkylation sites (tertiary alicyclic amines) is 1. The normalized spacial score (nSPS) is 20.5. The highest BCUT2D eigenvalue weighted by Gasteiger charge is 2.21. The van der Waals surface area contributed by atoms with E-state index in [9.17, 15) is 0 Å². The molecule has 2 rings (SSSR count). The number of piperidine rings is 1. The summed E-state index contributed by atoms with van der Waals surface area (Å²) in [4.78, 5) is 4.86. The summed E-state index contributed by atoms with van der Waals surface area (Å²) < 4.78 is 0. The molecule has 1 aromatic carbocycles. The maximum atomic E-state index is 8.90. The lowest BCUT2D eigenvalue weighted by Gasteiger charge is -2.36. The molecule has 3 nitrogen and oxygen atoms in total. The van der Waals surface area contributed by atoms with Crippen molar-refractivity contribution in [2.45, 2.75) is 32.4 Å². The van der Waals surface area contributed by atoms with E-state index >= 15 is 0 Å². The van der Waals surface area contributed by atoms with E-state index < -0.39 is 0 Å². The summed E-state index contributed by atoms with van der Waals surface area (Å²) in [6.07, 6.45) is 2.58. The maximum absolute atomic E-state index is 8.90. The fourth-order valence-corrected chi connectivity index (χ4v) is 2.78. The molecule has 0 radical (unpaired) electrons. The van der Waals surface area contributed by atoms with Crippen molar-refractivity contribution in [3.05, 3.63) is 34.9 Å². The van der Waals surface area contributed by atoms with Gasteiger partial charge in [-0.05, 0) is 63.7 Å². The molecule has 0 N–H and O–H groups in total. The monoisotopic (exact) mass is 257 g/mol. The molecule has 102 valence electrons. The van der Waals surface area contributed by atoms with Crippen molar-refractivity contribution in [1.29, 1.82) is 5.26 Å². The van der Waals surface area contributed by atoms with Crippen molar-refractivity contribution in [2.24, 2.45) is 0 Å². The minimum Gasteiger partial charge on any atom is -0.305 e. The van der Waals surface area contributed by atoms with Crippen LogP contribution in [0.5, 0.6) is 0 Å². The van der Waals surface area contributed by atoms with E-state index in [2.05, 4.69) is 43.0 Å². The van der Waals surface area contributed by atoms with Crippen LogP contribution >= 0.6 is 0 Å². The summed E-state index contributed by atoms with van der Waals surface area (Å²) in [7, 11) is 4.34. The van der Waals surface area contributed by atoms with Gasteiger partial charge in [-0.1, -0.05) is 6.07 Å². The van der Waals surface area contributed by atoms with Gasteiger partial charge in [0.15, 0.2) is 0 Å². The SMILES string of the molecule is Cc1cc(C#N)ccc1CN1CCCC(N(C)C)C1. The van der Waals surface area contributed by atoms with Crippen molar-refractivity contribution in [2.75, 3.05) is 27.2 Å². The van der Waals surface area contributed by atoms with E-state index in [1.54, 1.807) is 0 Å². The topological polar surface area (TPSA) is 30.3 Å². The number of benzene rings is 1. The third-order valence-corrected chi connectivity index (χ3v) is 4.08. The Morgan fingerprint density at radius 1 is 1.42 bits per heavy atom. The van der Waals surface area contributed by atoms with Gasteiger partial charge in [0.05, 0.1) is 11.6 Å². The van der Waals surface area contributed by atoms with Gasteiger partial charge in [-0.15, -0.1) is 0 Å². The molecule has 1 aromatic rings. The Morgan fingerprint density at radius 3 is 2.84 bits per heavy atom. The summed E-state index contributed by atoms with van der Waals surface area (Å²) in [5.41, 5.74) is 3.33. The van der Waals surface area contributed by atoms with Crippen LogP contribution in [0.3, 0.4) is 0 Å². The molecule has 0 saturated carbocycles. The molecule has 0 aliphatic carbocycles. The Hall–Kier alpha value is -1.37. The fraction of sp³-hybridized carbons (Fsp3) is 0.562. The van der Waals surface area contributed by atoms with Crippen LogP contribution in [0.15, 0.2) is 18.2 Å². The third-order valence-electron chi connectivity index (χ3n) is 4.08. The number of nitriles is 1. The molecule has 1 aliphatic rings. The zero-order chi connectivity index (χ0) is 13.8. The molecular formula is C16H23N3. The van der Waals surface area contributed by atoms with Crippen LogP contribution in [0.25, 0.3) is 0 Å². The minimum absolute atomic E-state index is 0.674. The highest BCUT2D eigenvalue weighted by molar-refractivity contribution is 5.37. The van der Waals surface area contributed by atoms with Crippen molar-refractivity contribution in [3.63, 3.8) is 0 Å². The van der Waals surface area contributed by atoms with E-state index in [0.717, 1.165) is 18.7 Å². The van der Waals surface area contributed by atoms with E-state index in [1.807, 2.05) is 12.1 Å². The van der Waals surface area contributed by atoms with Crippen molar-refractivity contribution >= 4 is 0 Å². The molecule has 3 heteroatoms. The molecule has 0 spiro atoms. The van der Waals surface area contributed by atoms with Crippen LogP contribution in [0.2, 0.25) is 0 Å². The predicted molar refractivity (Wildman–Crippen MR) is 77.9 cm³/mol. The van der Waals surface area contributed by atoms with E-state index in [0.29, 0.717) is 6.04 Å². The zero-order valence-corrected chi connectivity index (χ0v) is 12.2. The van der Waals surface area contributed by atoms with Crippen LogP contribution in [-0.2, 0) is 6.54 Å². The van der Waals surface area contributed by atoms with E-state index in [-0.39, 0.29) is 0 Å². The van der Waals surface area contributed by atoms with Crippen LogP contribution in [0, 0.1) is 18.3 Å². The zero-order valence-electron chi connectivity index (χ0n) is 12.2. The lowest BCUT2D eigenvalue weighted by Crippen LogP contribution is -2.44. The van der Waals surface area contributed by atoms with Gasteiger partial charge >= 0.3 is 0 Å². The Kier molecular flexibility index (Phi) is 4.57. The van der Waals surface area contributed by atoms with E-state index in [1.165, 1.54) is 30.5 Å². The van der Waals surface area contributed by atoms with Gasteiger partial charge in [-0.2, -0.15) is 5.26 Å². The molecule has 0 amide bonds. The Labute approximate surface area is 116 Å². The predicted octanol–water partition coefficient (Wildman–Crippen LogP) is 2.39. The molecule has 0 bridgehead atoms. The fourth-order valence-electron chi connectivity index (χ4n) is 2.78. The number of rotatable bonds is 3. The quantitative estimate of drug-likeness (QED) is 0.833. The molecule has 0 aromatic heterocycles. The minimum atomic E-state index is 0.674. The molecule has 1 atom stereocenters. The first-order valence-corrected chi connectivity index (χ1v) is 6.98. The Balaban J connectivity index is 2.03. The first-order chi connectivity index (χ1) is 9.10. The average Bonchev–Trinajstić information content (AvgIpc) is 2.41. The largest absolute Gasteiger partial charge is 0.305 e. The summed E-state index contributed by atoms with van der Waals surface area (Å²) in [5, 5.41) is 8.90. The van der Waals surface area contributed by atoms with Crippen molar-refractivity contribution in [1.82, 2.24) is 9.80 Å². The molecule has 19 heavy (non-hydrogen) atoms. The standard InChI is InChI=1S/C16H23N3/c1-13-9-14(10-17)6-7-15(13)11-19-8-4-5-16(12-19)18(2)3/h6-7,9,16H,4-5,8,11-12H2,1-3H3. The third kappa shape index (κ3) is 3.56. The lowest BCUT2D eigenvalue weighted by atomic mass is 10.0. The highest BCUT2D eigenvalue weighted by Crippen LogP contribution is 2.18. The number of nitrogens with zero attached hydrogens (tertiary/aromatic N) is 3. The second kappa shape index (κ2) is 6.18. The number of hydrogen-bond acceptors (Lipinski definition) is 3. The highest BCUT2D eigenvalue weighted by atomic mass is 15.2. The van der Waals surface area contributed by atoms with Gasteiger partial charge in [0.25, 0.3) is 0 Å². The Bertz CT molecular complexity index is 473. The van der Waals surface area contributed by atoms with Crippen LogP contribution in [0.4, 0.5) is 0 Å². The molecule has 1 saturated heterocycles. The van der Waals surface area contributed by atoms with Gasteiger partial charge in [-0.3, -0.25) is 4.90 Å². The summed E-state index contributed by atoms with van der Waals surface area (Å²) in [6.45, 7) is 5.43. The molecule has 1 heterocycles. The van der Waals surface area contributed by atoms with Crippen LogP contribution < -0.4 is 0 Å². The molecule has 1 unspecified atom stereocenters. The second-order valence-corrected chi connectivity index (χ2v) is 5.75. The van der Waals surface area contributed by atoms with E-state index in [4.69, 9.17) is 5.26 Å². The lowest BCUT2D eigenvalue weighted by molar-refractivity contribution is 0.128. The molecular weight excluding hydrogens is 234 g/mol. The first-order valence-electron chi connectivity index (χ1n) is 6.98. The smallest absolute Gasteiger partial charge is 0.0991 e. The van der Waals surface area contributed by atoms with Gasteiger partial charge in [0, 0.05) is 19.1 Å². The van der Waals surface area contributed by atoms with Gasteiger partial charge in [-0.25, -0.2) is 0 Å². The van der Waals surface area contributed by atoms with Crippen molar-refractivity contribution in [3.8, 4) is 6.07 Å². The van der Waals surface area contributed by atoms with Gasteiger partial charge < -0.3 is 4.90 Å². The summed E-state index contributed by atoms with van der Waals surface area (Å²) in [5.74, 6) is 0. The maximum Gasteiger partial charge on any atom is 0.0991 e. The molecule has 1 aliphatic heterocycles. The average molecular weight is 257 g/mol. The first kappa shape index (κ1) is 14.0. The molecule has 1 fully saturated rings. The van der Waals surface area contributed by atoms with Gasteiger partial charge in [0.1, 0.15) is 0 Å². The van der Waals surface area contributed by atoms with Gasteiger partial charge in [0.2, 0.25) is 0 Å². The second-order valence-electron chi connectivity index (χ2n) is 5.75. The summed E-state index contributed by atoms with van der Waals surface area (Å²) in [6, 6.07) is 8.89. The number of aryl methyl sites for hydroxylation is 1. The number of likely N-dealkylation sites (N-methyl/N-ethyl adjacent to an activating group) is 1. The van der Waals surface area contributed by atoms with Crippen LogP contribution in [0.1, 0.15) is 29.5 Å².